The lowest BCUT2D eigenvalue weighted by molar-refractivity contribution is -0.169. The normalized spacial score (nSPS) is 19.1. The highest BCUT2D eigenvalue weighted by Crippen LogP contribution is 2.54. The minimum absolute atomic E-state index is 0.00318. The Kier molecular flexibility index (Phi) is 9.28. The summed E-state index contributed by atoms with van der Waals surface area (Å²) in [6.07, 6.45) is 0. The SMILES string of the molecule is CCOC(=O)C1(C(=O)OCC)C(=C=C(c2ccccc2)c2ccccc2)[C@](C)(C(=O)OC)N[C@@H]1c1ccc(Br)cc1. The molecule has 1 fully saturated rings. The van der Waals surface area contributed by atoms with Crippen molar-refractivity contribution in [2.24, 2.45) is 5.41 Å². The fourth-order valence-electron chi connectivity index (χ4n) is 5.24. The van der Waals surface area contributed by atoms with Gasteiger partial charge in [0.25, 0.3) is 0 Å². The van der Waals surface area contributed by atoms with Crippen LogP contribution in [0.2, 0.25) is 0 Å². The number of benzene rings is 3. The van der Waals surface area contributed by atoms with Gasteiger partial charge in [-0.05, 0) is 49.6 Å². The number of halogens is 1. The van der Waals surface area contributed by atoms with Crippen LogP contribution < -0.4 is 5.32 Å². The first-order valence-corrected chi connectivity index (χ1v) is 14.1. The number of carbonyl (C=O) groups excluding carboxylic acids is 3. The first-order chi connectivity index (χ1) is 19.7. The van der Waals surface area contributed by atoms with E-state index >= 15 is 0 Å². The number of esters is 3. The van der Waals surface area contributed by atoms with Crippen LogP contribution in [0.3, 0.4) is 0 Å². The number of hydrogen-bond acceptors (Lipinski definition) is 7. The molecule has 3 aromatic rings. The summed E-state index contributed by atoms with van der Waals surface area (Å²) in [6, 6.07) is 25.0. The quantitative estimate of drug-likeness (QED) is 0.148. The predicted octanol–water partition coefficient (Wildman–Crippen LogP) is 5.79. The largest absolute Gasteiger partial charge is 0.467 e. The fraction of sp³-hybridized carbons (Fsp3) is 0.273. The Morgan fingerprint density at radius 1 is 0.805 bits per heavy atom. The van der Waals surface area contributed by atoms with Crippen LogP contribution in [0.25, 0.3) is 5.57 Å². The Balaban J connectivity index is 2.23. The van der Waals surface area contributed by atoms with E-state index in [1.807, 2.05) is 60.7 Å². The van der Waals surface area contributed by atoms with Gasteiger partial charge in [0.15, 0.2) is 0 Å². The molecule has 2 atom stereocenters. The van der Waals surface area contributed by atoms with Gasteiger partial charge < -0.3 is 14.2 Å². The maximum absolute atomic E-state index is 14.2. The Morgan fingerprint density at radius 2 is 1.29 bits per heavy atom. The number of ether oxygens (including phenoxy) is 3. The summed E-state index contributed by atoms with van der Waals surface area (Å²) in [7, 11) is 1.26. The number of methoxy groups -OCH3 is 1. The zero-order chi connectivity index (χ0) is 29.6. The Hall–Kier alpha value is -3.97. The molecule has 7 nitrogen and oxygen atoms in total. The highest BCUT2D eigenvalue weighted by Gasteiger charge is 2.70. The summed E-state index contributed by atoms with van der Waals surface area (Å²) < 4.78 is 17.2. The van der Waals surface area contributed by atoms with Crippen LogP contribution in [0.1, 0.15) is 43.5 Å². The molecule has 0 amide bonds. The zero-order valence-electron chi connectivity index (χ0n) is 23.4. The number of carbonyl (C=O) groups is 3. The van der Waals surface area contributed by atoms with Crippen LogP contribution >= 0.6 is 15.9 Å². The molecule has 0 unspecified atom stereocenters. The third-order valence-corrected chi connectivity index (χ3v) is 7.66. The molecule has 3 aromatic carbocycles. The van der Waals surface area contributed by atoms with Gasteiger partial charge in [0.05, 0.1) is 26.4 Å². The second-order valence-corrected chi connectivity index (χ2v) is 10.5. The van der Waals surface area contributed by atoms with Crippen LogP contribution in [0, 0.1) is 5.41 Å². The van der Waals surface area contributed by atoms with Crippen LogP contribution in [0.15, 0.2) is 101 Å². The summed E-state index contributed by atoms with van der Waals surface area (Å²) in [6.45, 7) is 4.91. The summed E-state index contributed by atoms with van der Waals surface area (Å²) in [5.41, 5.74) is 2.35. The van der Waals surface area contributed by atoms with Gasteiger partial charge in [0.1, 0.15) is 5.54 Å². The molecule has 8 heteroatoms. The van der Waals surface area contributed by atoms with Gasteiger partial charge in [-0.15, -0.1) is 5.73 Å². The first kappa shape index (κ1) is 30.0. The lowest BCUT2D eigenvalue weighted by Crippen LogP contribution is -2.48. The molecule has 1 aliphatic rings. The van der Waals surface area contributed by atoms with Crippen molar-refractivity contribution in [3.8, 4) is 0 Å². The van der Waals surface area contributed by atoms with E-state index in [0.29, 0.717) is 11.1 Å². The fourth-order valence-corrected chi connectivity index (χ4v) is 5.51. The van der Waals surface area contributed by atoms with E-state index in [9.17, 15) is 14.4 Å². The molecular weight excluding hydrogens is 586 g/mol. The second-order valence-electron chi connectivity index (χ2n) is 9.60. The smallest absolute Gasteiger partial charge is 0.330 e. The van der Waals surface area contributed by atoms with Crippen LogP contribution in [0.4, 0.5) is 0 Å². The highest BCUT2D eigenvalue weighted by atomic mass is 79.9. The predicted molar refractivity (Wildman–Crippen MR) is 159 cm³/mol. The number of rotatable bonds is 8. The van der Waals surface area contributed by atoms with E-state index in [2.05, 4.69) is 27.0 Å². The highest BCUT2D eigenvalue weighted by molar-refractivity contribution is 9.10. The Labute approximate surface area is 248 Å². The molecule has 1 aliphatic heterocycles. The zero-order valence-corrected chi connectivity index (χ0v) is 25.0. The molecule has 0 spiro atoms. The van der Waals surface area contributed by atoms with Crippen molar-refractivity contribution in [1.82, 2.24) is 5.32 Å². The van der Waals surface area contributed by atoms with Gasteiger partial charge in [-0.25, -0.2) is 4.79 Å². The van der Waals surface area contributed by atoms with Crippen molar-refractivity contribution in [2.75, 3.05) is 20.3 Å². The third kappa shape index (κ3) is 5.51. The van der Waals surface area contributed by atoms with E-state index < -0.39 is 34.9 Å². The van der Waals surface area contributed by atoms with Gasteiger partial charge >= 0.3 is 17.9 Å². The summed E-state index contributed by atoms with van der Waals surface area (Å²) in [4.78, 5) is 42.0. The molecule has 0 radical (unpaired) electrons. The Bertz CT molecular complexity index is 1420. The molecule has 1 heterocycles. The van der Waals surface area contributed by atoms with E-state index in [-0.39, 0.29) is 18.8 Å². The lowest BCUT2D eigenvalue weighted by atomic mass is 9.70. The monoisotopic (exact) mass is 617 g/mol. The van der Waals surface area contributed by atoms with E-state index in [1.165, 1.54) is 7.11 Å². The molecule has 0 aliphatic carbocycles. The third-order valence-electron chi connectivity index (χ3n) is 7.13. The van der Waals surface area contributed by atoms with Crippen molar-refractivity contribution >= 4 is 39.4 Å². The minimum Gasteiger partial charge on any atom is -0.467 e. The molecule has 1 saturated heterocycles. The van der Waals surface area contributed by atoms with Gasteiger partial charge in [-0.1, -0.05) is 88.7 Å². The van der Waals surface area contributed by atoms with Gasteiger partial charge in [-0.2, -0.15) is 0 Å². The molecule has 4 rings (SSSR count). The molecular formula is C33H32BrNO6. The van der Waals surface area contributed by atoms with Crippen molar-refractivity contribution in [2.45, 2.75) is 32.4 Å². The molecule has 0 bridgehead atoms. The van der Waals surface area contributed by atoms with E-state index in [4.69, 9.17) is 14.2 Å². The minimum atomic E-state index is -2.11. The standard InChI is InChI=1S/C33H32BrNO6/c1-5-40-30(37)33(31(38)41-6-2)27(21-26(22-13-9-7-10-14-22)23-15-11-8-12-16-23)32(3,29(36)39-4)35-28(33)24-17-19-25(34)20-18-24/h7-20,28,35H,5-6H2,1-4H3/t28-,32-/m1/s1. The molecule has 1 N–H and O–H groups in total. The van der Waals surface area contributed by atoms with Crippen LogP contribution in [-0.2, 0) is 28.6 Å². The maximum Gasteiger partial charge on any atom is 0.330 e. The first-order valence-electron chi connectivity index (χ1n) is 13.3. The van der Waals surface area contributed by atoms with Gasteiger partial charge in [0.2, 0.25) is 5.41 Å². The Morgan fingerprint density at radius 3 is 1.73 bits per heavy atom. The van der Waals surface area contributed by atoms with Crippen molar-refractivity contribution < 1.29 is 28.6 Å². The summed E-state index contributed by atoms with van der Waals surface area (Å²) >= 11 is 3.44. The summed E-state index contributed by atoms with van der Waals surface area (Å²) in [5.74, 6) is -2.40. The van der Waals surface area contributed by atoms with E-state index in [1.54, 1.807) is 45.0 Å². The van der Waals surface area contributed by atoms with Crippen molar-refractivity contribution in [3.05, 3.63) is 117 Å². The molecule has 212 valence electrons. The van der Waals surface area contributed by atoms with Crippen LogP contribution in [-0.4, -0.2) is 43.8 Å². The second kappa shape index (κ2) is 12.7. The molecule has 0 aromatic heterocycles. The number of hydrogen-bond donors (Lipinski definition) is 1. The van der Waals surface area contributed by atoms with Crippen LogP contribution in [0.5, 0.6) is 0 Å². The van der Waals surface area contributed by atoms with Gasteiger partial charge in [-0.3, -0.25) is 14.9 Å². The number of nitrogens with one attached hydrogen (secondary N) is 1. The average Bonchev–Trinajstić information content (AvgIpc) is 3.26. The lowest BCUT2D eigenvalue weighted by Gasteiger charge is -2.31. The van der Waals surface area contributed by atoms with Crippen molar-refractivity contribution in [3.63, 3.8) is 0 Å². The maximum atomic E-state index is 14.2. The summed E-state index contributed by atoms with van der Waals surface area (Å²) in [5, 5.41) is 3.28. The van der Waals surface area contributed by atoms with Crippen molar-refractivity contribution in [1.29, 1.82) is 0 Å². The molecule has 0 saturated carbocycles. The molecule has 41 heavy (non-hydrogen) atoms. The van der Waals surface area contributed by atoms with E-state index in [0.717, 1.165) is 15.6 Å². The topological polar surface area (TPSA) is 90.9 Å². The van der Waals surface area contributed by atoms with Gasteiger partial charge in [0, 0.05) is 15.6 Å². The average molecular weight is 619 g/mol.